The molecule has 0 amide bonds. The van der Waals surface area contributed by atoms with Crippen molar-refractivity contribution in [1.82, 2.24) is 10.6 Å². The van der Waals surface area contributed by atoms with Crippen molar-refractivity contribution in [2.75, 3.05) is 0 Å². The summed E-state index contributed by atoms with van der Waals surface area (Å²) in [5, 5.41) is 7.55. The highest BCUT2D eigenvalue weighted by Gasteiger charge is 2.54. The Kier molecular flexibility index (Phi) is 7.26. The first-order chi connectivity index (χ1) is 25.0. The second kappa shape index (κ2) is 11.9. The summed E-state index contributed by atoms with van der Waals surface area (Å²) in [5.41, 5.74) is 16.2. The van der Waals surface area contributed by atoms with E-state index in [9.17, 15) is 0 Å². The van der Waals surface area contributed by atoms with Crippen LogP contribution in [0.1, 0.15) is 110 Å². The maximum absolute atomic E-state index is 5.30. The molecule has 0 radical (unpaired) electrons. The summed E-state index contributed by atoms with van der Waals surface area (Å²) in [7, 11) is 0. The highest BCUT2D eigenvalue weighted by Crippen LogP contribution is 2.67. The first kappa shape index (κ1) is 31.0. The molecule has 6 aliphatic rings. The van der Waals surface area contributed by atoms with Gasteiger partial charge in [0, 0.05) is 16.9 Å². The lowest BCUT2D eigenvalue weighted by Gasteiger charge is -2.41. The zero-order valence-corrected chi connectivity index (χ0v) is 29.8. The molecule has 0 aromatic heterocycles. The van der Waals surface area contributed by atoms with Gasteiger partial charge < -0.3 is 5.32 Å². The fraction of sp³-hybridized carbons (Fsp3) is 0.312. The Morgan fingerprint density at radius 1 is 0.706 bits per heavy atom. The molecule has 2 N–H and O–H groups in total. The van der Waals surface area contributed by atoms with Crippen LogP contribution in [0, 0.1) is 11.3 Å². The van der Waals surface area contributed by atoms with Crippen molar-refractivity contribution in [3.63, 3.8) is 0 Å². The Morgan fingerprint density at radius 3 is 2.25 bits per heavy atom. The van der Waals surface area contributed by atoms with Crippen molar-refractivity contribution in [1.29, 1.82) is 0 Å². The van der Waals surface area contributed by atoms with E-state index in [2.05, 4.69) is 152 Å². The lowest BCUT2D eigenvalue weighted by Crippen LogP contribution is -2.44. The van der Waals surface area contributed by atoms with Crippen LogP contribution < -0.4 is 10.6 Å². The van der Waals surface area contributed by atoms with E-state index in [-0.39, 0.29) is 23.2 Å². The molecular weight excluding hydrogens is 619 g/mol. The van der Waals surface area contributed by atoms with Gasteiger partial charge in [0.1, 0.15) is 18.2 Å². The standard InChI is InChI=1S/C48H47N3/c1-47(2)40-25-11-10-22-36(40)38-30-42-39(29-41(38)47)37-24-15-23-35(43(37)48(42)26-12-5-13-27-48)33-20-14-21-34(28-33)46-50-44(31-16-6-3-7-17-31)49-45(51-46)32-18-8-4-9-19-32/h3-4,6-11,14,16-23,25,28-30,38,41,44,46,50H,5,12-13,15,24,26-27H2,1-2H3,(H,49,51). The predicted octanol–water partition coefficient (Wildman–Crippen LogP) is 11.0. The van der Waals surface area contributed by atoms with E-state index in [1.54, 1.807) is 33.4 Å². The number of hydrogen-bond donors (Lipinski definition) is 2. The summed E-state index contributed by atoms with van der Waals surface area (Å²) in [6.45, 7) is 4.96. The van der Waals surface area contributed by atoms with E-state index in [0.717, 1.165) is 24.2 Å². The highest BCUT2D eigenvalue weighted by atomic mass is 15.3. The molecule has 1 spiro atoms. The zero-order valence-electron chi connectivity index (χ0n) is 29.8. The fourth-order valence-corrected chi connectivity index (χ4v) is 10.7. The summed E-state index contributed by atoms with van der Waals surface area (Å²) in [4.78, 5) is 5.30. The second-order valence-electron chi connectivity index (χ2n) is 16.2. The number of nitrogens with zero attached hydrogens (tertiary/aromatic N) is 1. The number of fused-ring (bicyclic) bond motifs is 7. The number of aliphatic imine (C=N–C) groups is 1. The Labute approximate surface area is 303 Å². The third-order valence-electron chi connectivity index (χ3n) is 13.1. The number of hydrogen-bond acceptors (Lipinski definition) is 3. The molecule has 1 heterocycles. The first-order valence-electron chi connectivity index (χ1n) is 19.3. The minimum absolute atomic E-state index is 0.0491. The smallest absolute Gasteiger partial charge is 0.131 e. The van der Waals surface area contributed by atoms with Crippen molar-refractivity contribution in [2.45, 2.75) is 82.5 Å². The summed E-state index contributed by atoms with van der Waals surface area (Å²) in [5.74, 6) is 1.89. The molecule has 1 aliphatic heterocycles. The normalized spacial score (nSPS) is 26.9. The quantitative estimate of drug-likeness (QED) is 0.228. The van der Waals surface area contributed by atoms with Gasteiger partial charge in [0.2, 0.25) is 0 Å². The lowest BCUT2D eigenvalue weighted by atomic mass is 9.62. The molecule has 4 aromatic carbocycles. The first-order valence-corrected chi connectivity index (χ1v) is 19.3. The number of rotatable bonds is 4. The summed E-state index contributed by atoms with van der Waals surface area (Å²) in [6, 6.07) is 39.8. The average molecular weight is 666 g/mol. The van der Waals surface area contributed by atoms with Crippen LogP contribution in [0.2, 0.25) is 0 Å². The Hall–Kier alpha value is -4.73. The Morgan fingerprint density at radius 2 is 1.43 bits per heavy atom. The molecule has 1 saturated carbocycles. The third-order valence-corrected chi connectivity index (χ3v) is 13.1. The van der Waals surface area contributed by atoms with E-state index in [4.69, 9.17) is 4.99 Å². The van der Waals surface area contributed by atoms with Crippen molar-refractivity contribution in [3.8, 4) is 0 Å². The Bertz CT molecular complexity index is 2170. The number of allylic oxidation sites excluding steroid dienone is 8. The molecule has 10 rings (SSSR count). The van der Waals surface area contributed by atoms with Crippen molar-refractivity contribution in [3.05, 3.63) is 183 Å². The predicted molar refractivity (Wildman–Crippen MR) is 209 cm³/mol. The number of benzene rings is 4. The molecule has 51 heavy (non-hydrogen) atoms. The molecule has 3 nitrogen and oxygen atoms in total. The SMILES string of the molecule is CC1(C)c2ccccc2C2C=C3C(=CC21)C1=C(C(c2cccc(C4N=C(c5ccccc5)NC(c5ccccc5)N4)c2)=CCC1)C31CCCCC1. The van der Waals surface area contributed by atoms with Crippen LogP contribution in [0.3, 0.4) is 0 Å². The van der Waals surface area contributed by atoms with Gasteiger partial charge in [0.25, 0.3) is 0 Å². The topological polar surface area (TPSA) is 36.4 Å². The van der Waals surface area contributed by atoms with E-state index < -0.39 is 0 Å². The molecule has 254 valence electrons. The minimum Gasteiger partial charge on any atom is -0.350 e. The zero-order chi connectivity index (χ0) is 34.2. The van der Waals surface area contributed by atoms with E-state index in [1.165, 1.54) is 54.4 Å². The maximum atomic E-state index is 5.30. The van der Waals surface area contributed by atoms with Crippen LogP contribution in [-0.2, 0) is 5.41 Å². The van der Waals surface area contributed by atoms with Gasteiger partial charge in [0.15, 0.2) is 0 Å². The van der Waals surface area contributed by atoms with Gasteiger partial charge in [-0.15, -0.1) is 0 Å². The van der Waals surface area contributed by atoms with Crippen LogP contribution in [-0.4, -0.2) is 5.84 Å². The molecule has 4 atom stereocenters. The Balaban J connectivity index is 1.07. The second-order valence-corrected chi connectivity index (χ2v) is 16.2. The van der Waals surface area contributed by atoms with Crippen molar-refractivity contribution in [2.24, 2.45) is 16.3 Å². The van der Waals surface area contributed by atoms with Gasteiger partial charge in [-0.1, -0.05) is 154 Å². The van der Waals surface area contributed by atoms with Gasteiger partial charge in [-0.3, -0.25) is 5.32 Å². The molecular formula is C48H47N3. The number of nitrogens with one attached hydrogen (secondary N) is 2. The van der Waals surface area contributed by atoms with Crippen LogP contribution in [0.4, 0.5) is 0 Å². The van der Waals surface area contributed by atoms with Gasteiger partial charge >= 0.3 is 0 Å². The van der Waals surface area contributed by atoms with Gasteiger partial charge in [-0.2, -0.15) is 0 Å². The molecule has 0 saturated heterocycles. The monoisotopic (exact) mass is 665 g/mol. The summed E-state index contributed by atoms with van der Waals surface area (Å²) >= 11 is 0. The van der Waals surface area contributed by atoms with Gasteiger partial charge in [0.05, 0.1) is 0 Å². The largest absolute Gasteiger partial charge is 0.350 e. The molecule has 0 bridgehead atoms. The maximum Gasteiger partial charge on any atom is 0.131 e. The number of amidine groups is 1. The van der Waals surface area contributed by atoms with Crippen molar-refractivity contribution < 1.29 is 0 Å². The fourth-order valence-electron chi connectivity index (χ4n) is 10.7. The van der Waals surface area contributed by atoms with Gasteiger partial charge in [-0.05, 0) is 98.8 Å². The lowest BCUT2D eigenvalue weighted by molar-refractivity contribution is 0.301. The molecule has 3 heteroatoms. The molecule has 1 fully saturated rings. The van der Waals surface area contributed by atoms with Gasteiger partial charge in [-0.25, -0.2) is 4.99 Å². The van der Waals surface area contributed by atoms with E-state index >= 15 is 0 Å². The summed E-state index contributed by atoms with van der Waals surface area (Å²) in [6.07, 6.45) is 16.6. The van der Waals surface area contributed by atoms with Crippen molar-refractivity contribution >= 4 is 11.4 Å². The average Bonchev–Trinajstić information content (AvgIpc) is 3.59. The molecule has 4 aromatic rings. The van der Waals surface area contributed by atoms with E-state index in [1.807, 2.05) is 0 Å². The minimum atomic E-state index is -0.175. The van der Waals surface area contributed by atoms with Crippen LogP contribution in [0.25, 0.3) is 5.57 Å². The highest BCUT2D eigenvalue weighted by molar-refractivity contribution is 5.99. The van der Waals surface area contributed by atoms with Crippen LogP contribution >= 0.6 is 0 Å². The van der Waals surface area contributed by atoms with Crippen LogP contribution in [0.5, 0.6) is 0 Å². The van der Waals surface area contributed by atoms with Crippen LogP contribution in [0.15, 0.2) is 155 Å². The van der Waals surface area contributed by atoms with E-state index in [0.29, 0.717) is 11.8 Å². The summed E-state index contributed by atoms with van der Waals surface area (Å²) < 4.78 is 0. The third kappa shape index (κ3) is 4.84. The molecule has 5 aliphatic carbocycles. The molecule has 4 unspecified atom stereocenters.